The molecular formula is C16H15N3O4. The van der Waals surface area contributed by atoms with Crippen molar-refractivity contribution in [1.29, 1.82) is 0 Å². The minimum Gasteiger partial charge on any atom is -0.334 e. The molecule has 0 radical (unpaired) electrons. The van der Waals surface area contributed by atoms with E-state index in [1.54, 1.807) is 17.9 Å². The lowest BCUT2D eigenvalue weighted by molar-refractivity contribution is -0.385. The van der Waals surface area contributed by atoms with Gasteiger partial charge in [0.2, 0.25) is 5.56 Å². The number of aromatic nitrogens is 1. The molecule has 1 aliphatic rings. The zero-order valence-corrected chi connectivity index (χ0v) is 12.5. The molecule has 2 heterocycles. The summed E-state index contributed by atoms with van der Waals surface area (Å²) in [6, 6.07) is 7.77. The number of carbonyl (C=O) groups excluding carboxylic acids is 1. The average molecular weight is 313 g/mol. The second-order valence-electron chi connectivity index (χ2n) is 5.51. The molecule has 1 aromatic carbocycles. The molecule has 7 nitrogen and oxygen atoms in total. The van der Waals surface area contributed by atoms with Crippen LogP contribution in [0.25, 0.3) is 0 Å². The topological polar surface area (TPSA) is 96.3 Å². The largest absolute Gasteiger partial charge is 0.334 e. The standard InChI is InChI=1S/C16H15N3O4/c1-10-12(5-6-15(20)17-10)16(21)18-8-7-13-11(9-18)3-2-4-14(13)19(22)23/h2-6H,7-9H2,1H3,(H,17,20). The first-order valence-corrected chi connectivity index (χ1v) is 7.21. The van der Waals surface area contributed by atoms with Crippen LogP contribution >= 0.6 is 0 Å². The Balaban J connectivity index is 1.90. The minimum atomic E-state index is -0.387. The van der Waals surface area contributed by atoms with E-state index in [0.29, 0.717) is 36.3 Å². The first-order valence-electron chi connectivity index (χ1n) is 7.21. The van der Waals surface area contributed by atoms with E-state index in [0.717, 1.165) is 5.56 Å². The Morgan fingerprint density at radius 1 is 1.30 bits per heavy atom. The lowest BCUT2D eigenvalue weighted by Crippen LogP contribution is -2.37. The quantitative estimate of drug-likeness (QED) is 0.675. The van der Waals surface area contributed by atoms with Crippen LogP contribution in [0.15, 0.2) is 35.1 Å². The van der Waals surface area contributed by atoms with Crippen molar-refractivity contribution in [1.82, 2.24) is 9.88 Å². The van der Waals surface area contributed by atoms with Gasteiger partial charge in [0.25, 0.3) is 11.6 Å². The number of carbonyl (C=O) groups is 1. The van der Waals surface area contributed by atoms with E-state index in [-0.39, 0.29) is 22.1 Å². The van der Waals surface area contributed by atoms with Gasteiger partial charge in [-0.05, 0) is 25.0 Å². The van der Waals surface area contributed by atoms with E-state index in [1.807, 2.05) is 6.07 Å². The van der Waals surface area contributed by atoms with Gasteiger partial charge in [0.15, 0.2) is 0 Å². The maximum Gasteiger partial charge on any atom is 0.272 e. The number of aromatic amines is 1. The van der Waals surface area contributed by atoms with Gasteiger partial charge in [-0.25, -0.2) is 0 Å². The maximum atomic E-state index is 12.6. The van der Waals surface area contributed by atoms with Gasteiger partial charge in [0.05, 0.1) is 10.5 Å². The monoisotopic (exact) mass is 313 g/mol. The highest BCUT2D eigenvalue weighted by Crippen LogP contribution is 2.28. The van der Waals surface area contributed by atoms with Crippen molar-refractivity contribution in [2.75, 3.05) is 6.54 Å². The Bertz CT molecular complexity index is 857. The van der Waals surface area contributed by atoms with Gasteiger partial charge in [-0.2, -0.15) is 0 Å². The second kappa shape index (κ2) is 5.68. The van der Waals surface area contributed by atoms with Crippen LogP contribution in [0, 0.1) is 17.0 Å². The van der Waals surface area contributed by atoms with Crippen molar-refractivity contribution >= 4 is 11.6 Å². The van der Waals surface area contributed by atoms with E-state index in [4.69, 9.17) is 0 Å². The molecule has 0 saturated heterocycles. The van der Waals surface area contributed by atoms with Gasteiger partial charge >= 0.3 is 0 Å². The molecule has 0 unspecified atom stereocenters. The Hall–Kier alpha value is -2.96. The van der Waals surface area contributed by atoms with Crippen LogP contribution in [-0.2, 0) is 13.0 Å². The molecule has 1 N–H and O–H groups in total. The van der Waals surface area contributed by atoms with Crippen LogP contribution in [0.3, 0.4) is 0 Å². The van der Waals surface area contributed by atoms with E-state index >= 15 is 0 Å². The summed E-state index contributed by atoms with van der Waals surface area (Å²) >= 11 is 0. The third-order valence-electron chi connectivity index (χ3n) is 4.07. The first-order chi connectivity index (χ1) is 11.0. The zero-order valence-electron chi connectivity index (χ0n) is 12.5. The molecule has 1 aromatic heterocycles. The molecule has 0 fully saturated rings. The zero-order chi connectivity index (χ0) is 16.6. The van der Waals surface area contributed by atoms with Crippen LogP contribution in [0.1, 0.15) is 27.2 Å². The number of nitro groups is 1. The van der Waals surface area contributed by atoms with Crippen molar-refractivity contribution in [3.05, 3.63) is 73.2 Å². The highest BCUT2D eigenvalue weighted by Gasteiger charge is 2.27. The van der Waals surface area contributed by atoms with E-state index in [2.05, 4.69) is 4.98 Å². The van der Waals surface area contributed by atoms with Crippen molar-refractivity contribution in [3.63, 3.8) is 0 Å². The molecule has 2 aromatic rings. The lowest BCUT2D eigenvalue weighted by atomic mass is 9.97. The predicted molar refractivity (Wildman–Crippen MR) is 83.3 cm³/mol. The highest BCUT2D eigenvalue weighted by atomic mass is 16.6. The number of aryl methyl sites for hydroxylation is 1. The van der Waals surface area contributed by atoms with Gasteiger partial charge in [0.1, 0.15) is 0 Å². The summed E-state index contributed by atoms with van der Waals surface area (Å²) in [4.78, 5) is 38.8. The predicted octanol–water partition coefficient (Wildman–Crippen LogP) is 1.79. The first kappa shape index (κ1) is 15.0. The Morgan fingerprint density at radius 3 is 2.78 bits per heavy atom. The highest BCUT2D eigenvalue weighted by molar-refractivity contribution is 5.95. The number of fused-ring (bicyclic) bond motifs is 1. The molecule has 0 spiro atoms. The lowest BCUT2D eigenvalue weighted by Gasteiger charge is -2.29. The molecule has 0 aliphatic carbocycles. The fraction of sp³-hybridized carbons (Fsp3) is 0.250. The molecule has 0 saturated carbocycles. The number of rotatable bonds is 2. The second-order valence-corrected chi connectivity index (χ2v) is 5.51. The van der Waals surface area contributed by atoms with Crippen molar-refractivity contribution in [2.45, 2.75) is 19.9 Å². The normalized spacial score (nSPS) is 13.5. The number of hydrogen-bond donors (Lipinski definition) is 1. The third kappa shape index (κ3) is 2.73. The number of pyridine rings is 1. The molecule has 3 rings (SSSR count). The third-order valence-corrected chi connectivity index (χ3v) is 4.07. The molecule has 23 heavy (non-hydrogen) atoms. The summed E-state index contributed by atoms with van der Waals surface area (Å²) in [5.74, 6) is -0.184. The number of amides is 1. The number of nitrogens with zero attached hydrogens (tertiary/aromatic N) is 2. The summed E-state index contributed by atoms with van der Waals surface area (Å²) in [6.45, 7) is 2.42. The van der Waals surface area contributed by atoms with Crippen LogP contribution < -0.4 is 5.56 Å². The van der Waals surface area contributed by atoms with Crippen LogP contribution in [0.5, 0.6) is 0 Å². The molecular weight excluding hydrogens is 298 g/mol. The van der Waals surface area contributed by atoms with Crippen molar-refractivity contribution in [3.8, 4) is 0 Å². The number of benzene rings is 1. The van der Waals surface area contributed by atoms with Crippen molar-refractivity contribution < 1.29 is 9.72 Å². The Labute approximate surface area is 131 Å². The maximum absolute atomic E-state index is 12.6. The molecule has 118 valence electrons. The summed E-state index contributed by atoms with van der Waals surface area (Å²) in [6.07, 6.45) is 0.445. The number of hydrogen-bond acceptors (Lipinski definition) is 4. The van der Waals surface area contributed by atoms with E-state index in [9.17, 15) is 19.7 Å². The molecule has 1 amide bonds. The van der Waals surface area contributed by atoms with Gasteiger partial charge in [0, 0.05) is 36.5 Å². The van der Waals surface area contributed by atoms with Crippen molar-refractivity contribution in [2.24, 2.45) is 0 Å². The van der Waals surface area contributed by atoms with Gasteiger partial charge < -0.3 is 9.88 Å². The number of nitro benzene ring substituents is 1. The SMILES string of the molecule is Cc1[nH]c(=O)ccc1C(=O)N1CCc2c(cccc2[N+](=O)[O-])C1. The molecule has 7 heteroatoms. The number of nitrogens with one attached hydrogen (secondary N) is 1. The summed E-state index contributed by atoms with van der Waals surface area (Å²) in [5, 5.41) is 11.1. The fourth-order valence-corrected chi connectivity index (χ4v) is 2.91. The Kier molecular flexibility index (Phi) is 3.69. The Morgan fingerprint density at radius 2 is 2.09 bits per heavy atom. The fourth-order valence-electron chi connectivity index (χ4n) is 2.91. The van der Waals surface area contributed by atoms with E-state index in [1.165, 1.54) is 18.2 Å². The molecule has 0 bridgehead atoms. The molecule has 1 aliphatic heterocycles. The summed E-state index contributed by atoms with van der Waals surface area (Å²) in [7, 11) is 0. The smallest absolute Gasteiger partial charge is 0.272 e. The van der Waals surface area contributed by atoms with Gasteiger partial charge in [-0.3, -0.25) is 19.7 Å². The molecule has 0 atom stereocenters. The van der Waals surface area contributed by atoms with E-state index < -0.39 is 0 Å². The summed E-state index contributed by atoms with van der Waals surface area (Å²) < 4.78 is 0. The van der Waals surface area contributed by atoms with Gasteiger partial charge in [-0.15, -0.1) is 0 Å². The van der Waals surface area contributed by atoms with Crippen LogP contribution in [0.2, 0.25) is 0 Å². The average Bonchev–Trinajstić information content (AvgIpc) is 2.53. The summed E-state index contributed by atoms with van der Waals surface area (Å²) in [5.41, 5.74) is 2.31. The van der Waals surface area contributed by atoms with Crippen LogP contribution in [-0.4, -0.2) is 27.3 Å². The minimum absolute atomic E-state index is 0.106. The van der Waals surface area contributed by atoms with Crippen LogP contribution in [0.4, 0.5) is 5.69 Å². The van der Waals surface area contributed by atoms with Gasteiger partial charge in [-0.1, -0.05) is 12.1 Å². The number of H-pyrrole nitrogens is 1.